The lowest BCUT2D eigenvalue weighted by Gasteiger charge is -2.50. The minimum absolute atomic E-state index is 0.0568. The van der Waals surface area contributed by atoms with Crippen LogP contribution < -0.4 is 26.6 Å². The van der Waals surface area contributed by atoms with E-state index in [2.05, 4.69) is 163 Å². The number of nitrogens with one attached hydrogen (secondary N) is 5. The summed E-state index contributed by atoms with van der Waals surface area (Å²) in [5, 5.41) is 18.6. The van der Waals surface area contributed by atoms with Gasteiger partial charge in [0, 0.05) is 27.7 Å². The molecule has 1 heterocycles. The minimum atomic E-state index is -2.83. The van der Waals surface area contributed by atoms with E-state index in [1.165, 1.54) is 0 Å². The van der Waals surface area contributed by atoms with Crippen molar-refractivity contribution in [3.8, 4) is 0 Å². The summed E-state index contributed by atoms with van der Waals surface area (Å²) in [5.74, 6) is 0. The van der Waals surface area contributed by atoms with E-state index in [9.17, 15) is 0 Å². The van der Waals surface area contributed by atoms with Crippen LogP contribution in [0.15, 0.2) is 0 Å². The molecule has 0 aromatic rings. The predicted molar refractivity (Wildman–Crippen MR) is 249 cm³/mol. The van der Waals surface area contributed by atoms with Crippen LogP contribution in [0.5, 0.6) is 0 Å². The van der Waals surface area contributed by atoms with Crippen molar-refractivity contribution in [1.29, 1.82) is 0 Å². The van der Waals surface area contributed by atoms with E-state index in [0.29, 0.717) is 0 Å². The van der Waals surface area contributed by atoms with Crippen molar-refractivity contribution in [2.45, 2.75) is 227 Å². The van der Waals surface area contributed by atoms with Crippen molar-refractivity contribution in [1.82, 2.24) is 26.6 Å². The van der Waals surface area contributed by atoms with E-state index in [4.69, 9.17) is 20.6 Å². The molecule has 1 aliphatic heterocycles. The highest BCUT2D eigenvalue weighted by Crippen LogP contribution is 2.39. The number of hydrogen-bond acceptors (Lipinski definition) is 10. The number of rotatable bonds is 20. The molecule has 10 nitrogen and oxygen atoms in total. The van der Waals surface area contributed by atoms with Crippen LogP contribution in [0.3, 0.4) is 0 Å². The van der Waals surface area contributed by atoms with Crippen LogP contribution in [0.25, 0.3) is 0 Å². The molecule has 1 aliphatic rings. The third-order valence-corrected chi connectivity index (χ3v) is 33.1. The van der Waals surface area contributed by atoms with Gasteiger partial charge in [-0.3, -0.25) is 0 Å². The molecule has 0 aromatic carbocycles. The molecule has 1 rings (SSSR count). The van der Waals surface area contributed by atoms with E-state index in [0.717, 1.165) is 95.0 Å². The molecule has 15 heteroatoms. The van der Waals surface area contributed by atoms with Gasteiger partial charge in [0.2, 0.25) is 0 Å². The van der Waals surface area contributed by atoms with Crippen LogP contribution in [0.1, 0.15) is 136 Å². The normalized spacial score (nSPS) is 29.5. The van der Waals surface area contributed by atoms with Crippen LogP contribution >= 0.6 is 0 Å². The summed E-state index contributed by atoms with van der Waals surface area (Å²) in [7, 11) is -14.1. The lowest BCUT2D eigenvalue weighted by molar-refractivity contribution is 0.219. The lowest BCUT2D eigenvalue weighted by atomic mass is 10.1. The van der Waals surface area contributed by atoms with E-state index >= 15 is 0 Å². The Hall–Kier alpha value is 0.684. The van der Waals surface area contributed by atoms with Gasteiger partial charge in [-0.25, -0.2) is 0 Å². The maximum atomic E-state index is 7.64. The van der Waals surface area contributed by atoms with Crippen molar-refractivity contribution in [3.63, 3.8) is 0 Å². The standard InChI is InChI=1S/C40H95N5O5Si5/c1-36(2,3)41-26-21-31-51(16)46-52(17,32-22-27-42-37(4,5)6)48-54(19,34-24-29-44-39(10,11)12)50-55(20,35-25-30-45-40(13,14)15)49-53(18,47-51)33-23-28-43-38(7,8)9/h41-45H,21-35H2,1-20H3. The molecule has 0 aromatic heterocycles. The van der Waals surface area contributed by atoms with Crippen LogP contribution in [-0.4, -0.2) is 103 Å². The van der Waals surface area contributed by atoms with Crippen molar-refractivity contribution in [2.75, 3.05) is 32.7 Å². The van der Waals surface area contributed by atoms with Gasteiger partial charge in [0.1, 0.15) is 0 Å². The van der Waals surface area contributed by atoms with Gasteiger partial charge >= 0.3 is 42.8 Å². The molecule has 0 unspecified atom stereocenters. The van der Waals surface area contributed by atoms with Crippen LogP contribution in [0, 0.1) is 0 Å². The summed E-state index contributed by atoms with van der Waals surface area (Å²) in [4.78, 5) is 0. The molecule has 0 amide bonds. The van der Waals surface area contributed by atoms with Gasteiger partial charge in [0.05, 0.1) is 0 Å². The van der Waals surface area contributed by atoms with Crippen LogP contribution in [0.4, 0.5) is 0 Å². The van der Waals surface area contributed by atoms with Gasteiger partial charge in [0.25, 0.3) is 0 Å². The Morgan fingerprint density at radius 3 is 0.509 bits per heavy atom. The SMILES string of the molecule is CC(C)(C)NCCC[Si]1(C)O[Si](C)(CCCNC(C)(C)C)O[Si](C)(CCCNC(C)(C)C)O[Si](C)(CCCNC(C)(C)C)O[Si](C)(CCCNC(C)(C)C)O1. The third kappa shape index (κ3) is 26.5. The number of hydrogen-bond donors (Lipinski definition) is 5. The molecule has 0 aliphatic carbocycles. The highest BCUT2D eigenvalue weighted by molar-refractivity contribution is 6.94. The van der Waals surface area contributed by atoms with Crippen molar-refractivity contribution >= 4 is 42.8 Å². The zero-order valence-electron chi connectivity index (χ0n) is 40.1. The molecule has 0 spiro atoms. The molecule has 0 atom stereocenters. The fraction of sp³-hybridized carbons (Fsp3) is 1.00. The third-order valence-electron chi connectivity index (χ3n) is 9.47. The first-order valence-corrected chi connectivity index (χ1v) is 34.4. The van der Waals surface area contributed by atoms with E-state index < -0.39 is 42.8 Å². The summed E-state index contributed by atoms with van der Waals surface area (Å²) in [6.07, 6.45) is 4.95. The van der Waals surface area contributed by atoms with Crippen molar-refractivity contribution < 1.29 is 20.6 Å². The summed E-state index contributed by atoms with van der Waals surface area (Å²) in [6.45, 7) is 49.8. The zero-order valence-corrected chi connectivity index (χ0v) is 45.1. The highest BCUT2D eigenvalue weighted by atomic mass is 28.5. The topological polar surface area (TPSA) is 106 Å². The molecule has 330 valence electrons. The monoisotopic (exact) mass is 866 g/mol. The average molecular weight is 867 g/mol. The largest absolute Gasteiger partial charge is 0.416 e. The zero-order chi connectivity index (χ0) is 42.7. The molecule has 0 radical (unpaired) electrons. The maximum Gasteiger partial charge on any atom is 0.317 e. The van der Waals surface area contributed by atoms with Gasteiger partial charge < -0.3 is 47.2 Å². The molecular weight excluding hydrogens is 771 g/mol. The van der Waals surface area contributed by atoms with Gasteiger partial charge in [0.15, 0.2) is 0 Å². The minimum Gasteiger partial charge on any atom is -0.416 e. The van der Waals surface area contributed by atoms with Crippen molar-refractivity contribution in [2.24, 2.45) is 0 Å². The average Bonchev–Trinajstić information content (AvgIpc) is 2.93. The Bertz CT molecular complexity index is 895. The fourth-order valence-electron chi connectivity index (χ4n) is 7.26. The molecule has 0 saturated carbocycles. The Morgan fingerprint density at radius 2 is 0.400 bits per heavy atom. The van der Waals surface area contributed by atoms with E-state index in [1.807, 2.05) is 0 Å². The first-order valence-electron chi connectivity index (χ1n) is 21.8. The first kappa shape index (κ1) is 53.7. The van der Waals surface area contributed by atoms with Gasteiger partial charge in [-0.05, 0) is 232 Å². The second-order valence-electron chi connectivity index (χ2n) is 22.6. The van der Waals surface area contributed by atoms with E-state index in [-0.39, 0.29) is 27.7 Å². The smallest absolute Gasteiger partial charge is 0.317 e. The fourth-order valence-corrected chi connectivity index (χ4v) is 36.4. The molecular formula is C40H95N5O5Si5. The summed E-state index contributed by atoms with van der Waals surface area (Å²) >= 11 is 0. The quantitative estimate of drug-likeness (QED) is 0.0601. The molecule has 1 saturated heterocycles. The van der Waals surface area contributed by atoms with E-state index in [1.54, 1.807) is 0 Å². The van der Waals surface area contributed by atoms with Crippen LogP contribution in [-0.2, 0) is 20.6 Å². The van der Waals surface area contributed by atoms with Gasteiger partial charge in [-0.1, -0.05) is 0 Å². The first-order chi connectivity index (χ1) is 24.6. The predicted octanol–water partition coefficient (Wildman–Crippen LogP) is 9.33. The second-order valence-corrected chi connectivity index (χ2v) is 40.5. The Labute approximate surface area is 347 Å². The molecule has 55 heavy (non-hydrogen) atoms. The Kier molecular flexibility index (Phi) is 21.0. The molecule has 0 bridgehead atoms. The summed E-state index contributed by atoms with van der Waals surface area (Å²) in [5.41, 5.74) is 0.284. The van der Waals surface area contributed by atoms with Gasteiger partial charge in [-0.15, -0.1) is 0 Å². The lowest BCUT2D eigenvalue weighted by Crippen LogP contribution is -2.67. The van der Waals surface area contributed by atoms with Crippen molar-refractivity contribution in [3.05, 3.63) is 0 Å². The summed E-state index contributed by atoms with van der Waals surface area (Å²) < 4.78 is 38.2. The molecule has 1 fully saturated rings. The Balaban J connectivity index is 3.80. The maximum absolute atomic E-state index is 7.64. The molecule has 5 N–H and O–H groups in total. The van der Waals surface area contributed by atoms with Crippen LogP contribution in [0.2, 0.25) is 63.0 Å². The summed E-state index contributed by atoms with van der Waals surface area (Å²) in [6, 6.07) is 4.50. The highest BCUT2D eigenvalue weighted by Gasteiger charge is 2.56. The van der Waals surface area contributed by atoms with Gasteiger partial charge in [-0.2, -0.15) is 0 Å². The Morgan fingerprint density at radius 1 is 0.273 bits per heavy atom. The second kappa shape index (κ2) is 21.5.